The molecule has 1 fully saturated rings. The zero-order chi connectivity index (χ0) is 21.2. The van der Waals surface area contributed by atoms with Crippen LogP contribution >= 0.6 is 11.8 Å². The number of non-ortho nitro benzene ring substituents is 1. The molecule has 158 valence electrons. The van der Waals surface area contributed by atoms with E-state index < -0.39 is 22.8 Å². The summed E-state index contributed by atoms with van der Waals surface area (Å²) in [6, 6.07) is 4.42. The summed E-state index contributed by atoms with van der Waals surface area (Å²) in [5.41, 5.74) is 4.75. The Morgan fingerprint density at radius 3 is 2.59 bits per heavy atom. The summed E-state index contributed by atoms with van der Waals surface area (Å²) in [5.74, 6) is -0.820. The Morgan fingerprint density at radius 1 is 1.21 bits per heavy atom. The fourth-order valence-electron chi connectivity index (χ4n) is 3.18. The molecule has 3 N–H and O–H groups in total. The third-order valence-electron chi connectivity index (χ3n) is 4.84. The monoisotopic (exact) mass is 422 g/mol. The second-order valence-electron chi connectivity index (χ2n) is 6.93. The van der Waals surface area contributed by atoms with Crippen molar-refractivity contribution in [3.8, 4) is 0 Å². The van der Waals surface area contributed by atoms with Crippen LogP contribution in [0.25, 0.3) is 0 Å². The third-order valence-corrected chi connectivity index (χ3v) is 5.48. The minimum Gasteiger partial charge on any atom is -0.340 e. The molecular formula is C19H26N4O5S. The molecule has 1 aromatic carbocycles. The van der Waals surface area contributed by atoms with Gasteiger partial charge in [0, 0.05) is 23.6 Å². The third kappa shape index (κ3) is 7.04. The Hall–Kier alpha value is -2.62. The Kier molecular flexibility index (Phi) is 8.91. The van der Waals surface area contributed by atoms with Gasteiger partial charge in [-0.2, -0.15) is 11.8 Å². The fourth-order valence-corrected chi connectivity index (χ4v) is 3.66. The van der Waals surface area contributed by atoms with E-state index in [4.69, 9.17) is 0 Å². The van der Waals surface area contributed by atoms with Gasteiger partial charge in [0.25, 0.3) is 17.5 Å². The predicted octanol–water partition coefficient (Wildman–Crippen LogP) is 2.17. The topological polar surface area (TPSA) is 130 Å². The van der Waals surface area contributed by atoms with Crippen LogP contribution in [-0.2, 0) is 9.59 Å². The molecule has 0 heterocycles. The number of carbonyl (C=O) groups excluding carboxylic acids is 3. The largest absolute Gasteiger partial charge is 0.340 e. The highest BCUT2D eigenvalue weighted by molar-refractivity contribution is 7.98. The van der Waals surface area contributed by atoms with E-state index in [0.717, 1.165) is 38.2 Å². The van der Waals surface area contributed by atoms with Gasteiger partial charge < -0.3 is 5.32 Å². The van der Waals surface area contributed by atoms with Gasteiger partial charge in [0.05, 0.1) is 4.92 Å². The number of hydrazine groups is 1. The number of hydrogen-bond donors (Lipinski definition) is 3. The molecule has 29 heavy (non-hydrogen) atoms. The number of nitro benzene ring substituents is 1. The lowest BCUT2D eigenvalue weighted by atomic mass is 9.89. The van der Waals surface area contributed by atoms with Gasteiger partial charge in [-0.1, -0.05) is 25.3 Å². The smallest absolute Gasteiger partial charge is 0.270 e. The van der Waals surface area contributed by atoms with E-state index in [2.05, 4.69) is 16.2 Å². The van der Waals surface area contributed by atoms with Crippen LogP contribution in [0.2, 0.25) is 0 Å². The molecule has 0 saturated heterocycles. The van der Waals surface area contributed by atoms with Gasteiger partial charge in [-0.3, -0.25) is 35.3 Å². The SMILES string of the molecule is CSCC[C@H](NC(=O)c1cccc([N+](=O)[O-])c1)C(=O)NNC(=O)C1CCCCC1. The molecule has 0 radical (unpaired) electrons. The molecule has 1 aromatic rings. The maximum atomic E-state index is 12.5. The zero-order valence-corrected chi connectivity index (χ0v) is 17.1. The van der Waals surface area contributed by atoms with Crippen LogP contribution in [0.3, 0.4) is 0 Å². The van der Waals surface area contributed by atoms with Crippen molar-refractivity contribution in [3.63, 3.8) is 0 Å². The van der Waals surface area contributed by atoms with E-state index in [-0.39, 0.29) is 23.1 Å². The fraction of sp³-hybridized carbons (Fsp3) is 0.526. The highest BCUT2D eigenvalue weighted by Gasteiger charge is 2.25. The van der Waals surface area contributed by atoms with Gasteiger partial charge >= 0.3 is 0 Å². The maximum absolute atomic E-state index is 12.5. The van der Waals surface area contributed by atoms with Crippen LogP contribution in [0.4, 0.5) is 5.69 Å². The minimum atomic E-state index is -0.874. The molecule has 1 saturated carbocycles. The number of nitrogens with zero attached hydrogens (tertiary/aromatic N) is 1. The summed E-state index contributed by atoms with van der Waals surface area (Å²) in [4.78, 5) is 47.5. The molecule has 1 aliphatic carbocycles. The van der Waals surface area contributed by atoms with Gasteiger partial charge in [0.1, 0.15) is 6.04 Å². The van der Waals surface area contributed by atoms with E-state index >= 15 is 0 Å². The van der Waals surface area contributed by atoms with Crippen molar-refractivity contribution in [2.45, 2.75) is 44.6 Å². The van der Waals surface area contributed by atoms with Crippen molar-refractivity contribution in [1.82, 2.24) is 16.2 Å². The lowest BCUT2D eigenvalue weighted by molar-refractivity contribution is -0.384. The Balaban J connectivity index is 1.97. The second-order valence-corrected chi connectivity index (χ2v) is 7.91. The summed E-state index contributed by atoms with van der Waals surface area (Å²) in [6.45, 7) is 0. The quantitative estimate of drug-likeness (QED) is 0.435. The van der Waals surface area contributed by atoms with Crippen molar-refractivity contribution >= 4 is 35.2 Å². The van der Waals surface area contributed by atoms with Crippen LogP contribution in [0.15, 0.2) is 24.3 Å². The summed E-state index contributed by atoms with van der Waals surface area (Å²) >= 11 is 1.52. The van der Waals surface area contributed by atoms with Crippen molar-refractivity contribution < 1.29 is 19.3 Å². The molecule has 0 bridgehead atoms. The summed E-state index contributed by atoms with van der Waals surface area (Å²) < 4.78 is 0. The van der Waals surface area contributed by atoms with Gasteiger partial charge in [0.15, 0.2) is 0 Å². The number of hydrogen-bond acceptors (Lipinski definition) is 6. The molecule has 1 atom stereocenters. The number of nitro groups is 1. The van der Waals surface area contributed by atoms with Gasteiger partial charge in [-0.25, -0.2) is 0 Å². The van der Waals surface area contributed by atoms with Gasteiger partial charge in [-0.15, -0.1) is 0 Å². The average molecular weight is 423 g/mol. The van der Waals surface area contributed by atoms with E-state index in [0.29, 0.717) is 12.2 Å². The number of carbonyl (C=O) groups is 3. The number of rotatable bonds is 8. The van der Waals surface area contributed by atoms with E-state index in [9.17, 15) is 24.5 Å². The van der Waals surface area contributed by atoms with E-state index in [1.807, 2.05) is 6.26 Å². The first kappa shape index (κ1) is 22.7. The lowest BCUT2D eigenvalue weighted by Gasteiger charge is -2.22. The van der Waals surface area contributed by atoms with E-state index in [1.54, 1.807) is 0 Å². The van der Waals surface area contributed by atoms with E-state index in [1.165, 1.54) is 30.0 Å². The first-order valence-corrected chi connectivity index (χ1v) is 11.0. The highest BCUT2D eigenvalue weighted by Crippen LogP contribution is 2.23. The molecule has 0 spiro atoms. The molecule has 0 aromatic heterocycles. The van der Waals surface area contributed by atoms with Crippen LogP contribution in [-0.4, -0.2) is 40.7 Å². The van der Waals surface area contributed by atoms with Gasteiger partial charge in [0.2, 0.25) is 5.91 Å². The molecule has 2 rings (SSSR count). The molecule has 0 aliphatic heterocycles. The molecule has 0 unspecified atom stereocenters. The summed E-state index contributed by atoms with van der Waals surface area (Å²) in [6.07, 6.45) is 6.97. The average Bonchev–Trinajstić information content (AvgIpc) is 2.75. The zero-order valence-electron chi connectivity index (χ0n) is 16.3. The van der Waals surface area contributed by atoms with Crippen molar-refractivity contribution in [2.24, 2.45) is 5.92 Å². The standard InChI is InChI=1S/C19H26N4O5S/c1-29-11-10-16(19(26)22-21-18(25)13-6-3-2-4-7-13)20-17(24)14-8-5-9-15(12-14)23(27)28/h5,8-9,12-13,16H,2-4,6-7,10-11H2,1H3,(H,20,24)(H,21,25)(H,22,26)/t16-/m0/s1. The number of nitrogens with one attached hydrogen (secondary N) is 3. The Labute approximate surface area is 173 Å². The van der Waals surface area contributed by atoms with Crippen LogP contribution in [0.5, 0.6) is 0 Å². The van der Waals surface area contributed by atoms with Crippen molar-refractivity contribution in [3.05, 3.63) is 39.9 Å². The summed E-state index contributed by atoms with van der Waals surface area (Å²) in [7, 11) is 0. The maximum Gasteiger partial charge on any atom is 0.270 e. The molecule has 3 amide bonds. The first-order valence-electron chi connectivity index (χ1n) is 9.56. The lowest BCUT2D eigenvalue weighted by Crippen LogP contribution is -2.53. The molecule has 1 aliphatic rings. The first-order chi connectivity index (χ1) is 13.9. The molecular weight excluding hydrogens is 396 g/mol. The number of amides is 3. The number of benzene rings is 1. The predicted molar refractivity (Wildman–Crippen MR) is 110 cm³/mol. The normalized spacial score (nSPS) is 15.2. The van der Waals surface area contributed by atoms with Crippen molar-refractivity contribution in [2.75, 3.05) is 12.0 Å². The Bertz CT molecular complexity index is 752. The molecule has 9 nitrogen and oxygen atoms in total. The van der Waals surface area contributed by atoms with Crippen LogP contribution in [0, 0.1) is 16.0 Å². The second kappa shape index (κ2) is 11.4. The minimum absolute atomic E-state index is 0.0902. The summed E-state index contributed by atoms with van der Waals surface area (Å²) in [5, 5.41) is 13.5. The van der Waals surface area contributed by atoms with Gasteiger partial charge in [-0.05, 0) is 37.3 Å². The Morgan fingerprint density at radius 2 is 1.93 bits per heavy atom. The highest BCUT2D eigenvalue weighted by atomic mass is 32.2. The van der Waals surface area contributed by atoms with Crippen LogP contribution in [0.1, 0.15) is 48.9 Å². The van der Waals surface area contributed by atoms with Crippen molar-refractivity contribution in [1.29, 1.82) is 0 Å². The van der Waals surface area contributed by atoms with Crippen LogP contribution < -0.4 is 16.2 Å². The molecule has 10 heteroatoms. The number of thioether (sulfide) groups is 1.